The number of fused-ring (bicyclic) bond motifs is 1. The maximum Gasteiger partial charge on any atom is 0.416 e. The van der Waals surface area contributed by atoms with Gasteiger partial charge in [0, 0.05) is 42.2 Å². The van der Waals surface area contributed by atoms with Gasteiger partial charge < -0.3 is 19.6 Å². The summed E-state index contributed by atoms with van der Waals surface area (Å²) < 4.78 is 7.51. The Kier molecular flexibility index (Phi) is 4.88. The molecule has 7 nitrogen and oxygen atoms in total. The highest BCUT2D eigenvalue weighted by Gasteiger charge is 2.27. The van der Waals surface area contributed by atoms with Gasteiger partial charge in [-0.3, -0.25) is 4.57 Å². The van der Waals surface area contributed by atoms with Crippen LogP contribution in [0.25, 0.3) is 10.9 Å². The van der Waals surface area contributed by atoms with Crippen LogP contribution in [0.3, 0.4) is 0 Å². The molecule has 8 heteroatoms. The number of hydrogen-bond donors (Lipinski definition) is 1. The van der Waals surface area contributed by atoms with E-state index in [-0.39, 0.29) is 6.09 Å². The van der Waals surface area contributed by atoms with E-state index in [1.54, 1.807) is 17.2 Å². The molecule has 0 radical (unpaired) electrons. The average molecular weight is 424 g/mol. The van der Waals surface area contributed by atoms with Crippen molar-refractivity contribution >= 4 is 44.7 Å². The van der Waals surface area contributed by atoms with Crippen molar-refractivity contribution in [2.24, 2.45) is 0 Å². The number of benzene rings is 1. The first kappa shape index (κ1) is 18.6. The van der Waals surface area contributed by atoms with E-state index in [2.05, 4.69) is 20.8 Å². The van der Waals surface area contributed by atoms with Gasteiger partial charge in [0.05, 0.1) is 11.2 Å². The monoisotopic (exact) mass is 423 g/mol. The zero-order valence-corrected chi connectivity index (χ0v) is 16.6. The van der Waals surface area contributed by atoms with Gasteiger partial charge in [0.1, 0.15) is 5.60 Å². The first-order chi connectivity index (χ1) is 12.2. The quantitative estimate of drug-likeness (QED) is 0.750. The molecule has 2 heterocycles. The first-order valence-corrected chi connectivity index (χ1v) is 9.22. The van der Waals surface area contributed by atoms with Crippen LogP contribution in [0, 0.1) is 0 Å². The van der Waals surface area contributed by atoms with Gasteiger partial charge in [0.15, 0.2) is 0 Å². The second kappa shape index (κ2) is 6.83. The Bertz CT molecular complexity index is 848. The van der Waals surface area contributed by atoms with Crippen molar-refractivity contribution < 1.29 is 19.4 Å². The molecule has 26 heavy (non-hydrogen) atoms. The predicted molar refractivity (Wildman–Crippen MR) is 103 cm³/mol. The van der Waals surface area contributed by atoms with Crippen LogP contribution in [0.4, 0.5) is 15.3 Å². The van der Waals surface area contributed by atoms with Crippen LogP contribution in [0.2, 0.25) is 0 Å². The van der Waals surface area contributed by atoms with Crippen LogP contribution >= 0.6 is 15.9 Å². The van der Waals surface area contributed by atoms with Crippen molar-refractivity contribution in [3.63, 3.8) is 0 Å². The molecule has 0 saturated carbocycles. The standard InChI is InChI=1S/C18H22BrN3O4/c1-18(2,3)26-17(25)21-10-8-20(9-11-21)14-5-4-13(19)12-6-7-22(15(12)14)16(23)24/h4-7H,8-11H2,1-3H3,(H,23,24). The Morgan fingerprint density at radius 1 is 1.12 bits per heavy atom. The fourth-order valence-electron chi connectivity index (χ4n) is 3.08. The lowest BCUT2D eigenvalue weighted by Crippen LogP contribution is -2.50. The van der Waals surface area contributed by atoms with Gasteiger partial charge in [-0.15, -0.1) is 0 Å². The minimum Gasteiger partial charge on any atom is -0.464 e. The smallest absolute Gasteiger partial charge is 0.416 e. The van der Waals surface area contributed by atoms with Gasteiger partial charge in [-0.25, -0.2) is 9.59 Å². The van der Waals surface area contributed by atoms with Gasteiger partial charge in [-0.2, -0.15) is 0 Å². The Labute approximate surface area is 160 Å². The summed E-state index contributed by atoms with van der Waals surface area (Å²) >= 11 is 3.48. The number of carbonyl (C=O) groups excluding carboxylic acids is 1. The number of carbonyl (C=O) groups is 2. The molecular weight excluding hydrogens is 402 g/mol. The third-order valence-corrected chi connectivity index (χ3v) is 4.94. The number of rotatable bonds is 1. The van der Waals surface area contributed by atoms with E-state index < -0.39 is 11.7 Å². The van der Waals surface area contributed by atoms with Crippen LogP contribution < -0.4 is 4.90 Å². The van der Waals surface area contributed by atoms with E-state index >= 15 is 0 Å². The van der Waals surface area contributed by atoms with Gasteiger partial charge in [0.25, 0.3) is 0 Å². The Hall–Kier alpha value is -2.22. The second-order valence-corrected chi connectivity index (χ2v) is 8.11. The number of piperazine rings is 1. The topological polar surface area (TPSA) is 75.0 Å². The maximum absolute atomic E-state index is 12.2. The molecule has 3 rings (SSSR count). The van der Waals surface area contributed by atoms with Crippen molar-refractivity contribution in [1.82, 2.24) is 9.47 Å². The lowest BCUT2D eigenvalue weighted by molar-refractivity contribution is 0.0240. The van der Waals surface area contributed by atoms with Crippen LogP contribution in [-0.2, 0) is 4.74 Å². The molecule has 0 unspecified atom stereocenters. The lowest BCUT2D eigenvalue weighted by Gasteiger charge is -2.37. The molecule has 140 valence electrons. The van der Waals surface area contributed by atoms with Crippen LogP contribution in [0.1, 0.15) is 20.8 Å². The van der Waals surface area contributed by atoms with Gasteiger partial charge in [-0.05, 0) is 39.0 Å². The minimum atomic E-state index is -1.02. The van der Waals surface area contributed by atoms with Gasteiger partial charge >= 0.3 is 12.2 Å². The predicted octanol–water partition coefficient (Wildman–Crippen LogP) is 3.99. The SMILES string of the molecule is CC(C)(C)OC(=O)N1CCN(c2ccc(Br)c3ccn(C(=O)O)c23)CC1. The van der Waals surface area contributed by atoms with Gasteiger partial charge in [-0.1, -0.05) is 15.9 Å². The second-order valence-electron chi connectivity index (χ2n) is 7.25. The van der Waals surface area contributed by atoms with E-state index in [9.17, 15) is 14.7 Å². The summed E-state index contributed by atoms with van der Waals surface area (Å²) in [5.41, 5.74) is 0.978. The summed E-state index contributed by atoms with van der Waals surface area (Å²) in [6.45, 7) is 7.82. The average Bonchev–Trinajstić information content (AvgIpc) is 3.00. The first-order valence-electron chi connectivity index (χ1n) is 8.43. The molecule has 2 aromatic rings. The zero-order valence-electron chi connectivity index (χ0n) is 15.0. The molecule has 0 bridgehead atoms. The molecule has 1 fully saturated rings. The van der Waals surface area contributed by atoms with E-state index in [0.29, 0.717) is 31.7 Å². The molecule has 0 atom stereocenters. The third-order valence-electron chi connectivity index (χ3n) is 4.25. The third kappa shape index (κ3) is 3.65. The number of ether oxygens (including phenoxy) is 1. The lowest BCUT2D eigenvalue weighted by atomic mass is 10.2. The summed E-state index contributed by atoms with van der Waals surface area (Å²) in [5, 5.41) is 10.3. The number of halogens is 1. The van der Waals surface area contributed by atoms with Crippen LogP contribution in [0.5, 0.6) is 0 Å². The zero-order chi connectivity index (χ0) is 19.1. The van der Waals surface area contributed by atoms with Crippen molar-refractivity contribution in [3.05, 3.63) is 28.9 Å². The highest BCUT2D eigenvalue weighted by molar-refractivity contribution is 9.10. The fourth-order valence-corrected chi connectivity index (χ4v) is 3.53. The number of carboxylic acid groups (broad SMARTS) is 1. The number of hydrogen-bond acceptors (Lipinski definition) is 4. The molecule has 1 saturated heterocycles. The normalized spacial score (nSPS) is 15.4. The number of amides is 1. The van der Waals surface area contributed by atoms with E-state index in [4.69, 9.17) is 4.74 Å². The molecule has 1 aromatic heterocycles. The molecule has 1 aromatic carbocycles. The molecule has 1 aliphatic heterocycles. The van der Waals surface area contributed by atoms with E-state index in [1.807, 2.05) is 32.9 Å². The van der Waals surface area contributed by atoms with E-state index in [0.717, 1.165) is 15.5 Å². The summed E-state index contributed by atoms with van der Waals surface area (Å²) in [4.78, 5) is 27.6. The summed E-state index contributed by atoms with van der Waals surface area (Å²) in [6.07, 6.45) is 0.219. The Morgan fingerprint density at radius 2 is 1.77 bits per heavy atom. The highest BCUT2D eigenvalue weighted by atomic mass is 79.9. The van der Waals surface area contributed by atoms with Crippen molar-refractivity contribution in [2.45, 2.75) is 26.4 Å². The number of nitrogens with zero attached hydrogens (tertiary/aromatic N) is 3. The molecule has 1 aliphatic rings. The van der Waals surface area contributed by atoms with E-state index in [1.165, 1.54) is 4.57 Å². The van der Waals surface area contributed by atoms with Gasteiger partial charge in [0.2, 0.25) is 0 Å². The molecule has 0 aliphatic carbocycles. The summed E-state index contributed by atoms with van der Waals surface area (Å²) in [7, 11) is 0. The fraction of sp³-hybridized carbons (Fsp3) is 0.444. The Morgan fingerprint density at radius 3 is 2.35 bits per heavy atom. The van der Waals surface area contributed by atoms with Crippen molar-refractivity contribution in [2.75, 3.05) is 31.1 Å². The number of aromatic nitrogens is 1. The van der Waals surface area contributed by atoms with Crippen molar-refractivity contribution in [3.8, 4) is 0 Å². The maximum atomic E-state index is 12.2. The molecule has 1 amide bonds. The van der Waals surface area contributed by atoms with Crippen LogP contribution in [0.15, 0.2) is 28.9 Å². The Balaban J connectivity index is 1.82. The molecule has 0 spiro atoms. The summed E-state index contributed by atoms with van der Waals surface area (Å²) in [6, 6.07) is 5.62. The molecule has 1 N–H and O–H groups in total. The largest absolute Gasteiger partial charge is 0.464 e. The molecular formula is C18H22BrN3O4. The highest BCUT2D eigenvalue weighted by Crippen LogP contribution is 2.34. The van der Waals surface area contributed by atoms with Crippen LogP contribution in [-0.4, -0.2) is 58.5 Å². The summed E-state index contributed by atoms with van der Waals surface area (Å²) in [5.74, 6) is 0. The minimum absolute atomic E-state index is 0.313. The number of anilines is 1. The van der Waals surface area contributed by atoms with Crippen molar-refractivity contribution in [1.29, 1.82) is 0 Å².